The summed E-state index contributed by atoms with van der Waals surface area (Å²) >= 11 is 0. The molecule has 1 saturated carbocycles. The molecule has 1 fully saturated rings. The molecule has 1 aliphatic carbocycles. The number of primary amides is 1. The third kappa shape index (κ3) is 4.75. The highest BCUT2D eigenvalue weighted by atomic mass is 16.2. The van der Waals surface area contributed by atoms with Gasteiger partial charge in [0.05, 0.1) is 6.54 Å². The minimum atomic E-state index is -0.469. The summed E-state index contributed by atoms with van der Waals surface area (Å²) in [6, 6.07) is 11.4. The zero-order valence-electron chi connectivity index (χ0n) is 15.1. The van der Waals surface area contributed by atoms with Gasteiger partial charge < -0.3 is 15.2 Å². The lowest BCUT2D eigenvalue weighted by atomic mass is 9.87. The highest BCUT2D eigenvalue weighted by Crippen LogP contribution is 2.26. The second kappa shape index (κ2) is 8.70. The fourth-order valence-corrected chi connectivity index (χ4v) is 3.74. The molecule has 1 aromatic carbocycles. The number of hydrogen-bond acceptors (Lipinski definition) is 2. The number of nitrogens with two attached hydrogens (primary N) is 1. The Morgan fingerprint density at radius 1 is 1.08 bits per heavy atom. The third-order valence-electron chi connectivity index (χ3n) is 5.16. The van der Waals surface area contributed by atoms with Gasteiger partial charge in [-0.15, -0.1) is 0 Å². The zero-order valence-corrected chi connectivity index (χ0v) is 15.1. The van der Waals surface area contributed by atoms with E-state index in [4.69, 9.17) is 5.73 Å². The van der Waals surface area contributed by atoms with Crippen LogP contribution >= 0.6 is 0 Å². The average molecular weight is 353 g/mol. The van der Waals surface area contributed by atoms with Gasteiger partial charge in [0.2, 0.25) is 5.91 Å². The molecule has 2 amide bonds. The number of carbonyl (C=O) groups excluding carboxylic acids is 2. The number of rotatable bonds is 7. The number of hydrogen-bond donors (Lipinski definition) is 1. The first-order chi connectivity index (χ1) is 12.6. The molecular formula is C21H27N3O2. The quantitative estimate of drug-likeness (QED) is 0.829. The maximum Gasteiger partial charge on any atom is 0.254 e. The van der Waals surface area contributed by atoms with Crippen molar-refractivity contribution in [1.82, 2.24) is 9.47 Å². The Labute approximate surface area is 154 Å². The van der Waals surface area contributed by atoms with E-state index in [0.717, 1.165) is 12.1 Å². The summed E-state index contributed by atoms with van der Waals surface area (Å²) < 4.78 is 1.96. The van der Waals surface area contributed by atoms with Crippen LogP contribution in [0.2, 0.25) is 0 Å². The van der Waals surface area contributed by atoms with Crippen molar-refractivity contribution in [1.29, 1.82) is 0 Å². The van der Waals surface area contributed by atoms with Crippen LogP contribution in [0, 0.1) is 5.92 Å². The summed E-state index contributed by atoms with van der Waals surface area (Å²) in [6.45, 7) is 0.555. The molecular weight excluding hydrogens is 326 g/mol. The van der Waals surface area contributed by atoms with Crippen LogP contribution in [0.3, 0.4) is 0 Å². The normalized spacial score (nSPS) is 14.9. The molecule has 0 spiro atoms. The minimum Gasteiger partial charge on any atom is -0.368 e. The Kier molecular flexibility index (Phi) is 6.10. The summed E-state index contributed by atoms with van der Waals surface area (Å²) in [5.74, 6) is 0.0512. The molecule has 0 atom stereocenters. The van der Waals surface area contributed by atoms with E-state index in [1.54, 1.807) is 11.0 Å². The van der Waals surface area contributed by atoms with Crippen LogP contribution in [0.25, 0.3) is 5.69 Å². The van der Waals surface area contributed by atoms with Crippen LogP contribution in [-0.4, -0.2) is 34.4 Å². The lowest BCUT2D eigenvalue weighted by molar-refractivity contribution is -0.118. The van der Waals surface area contributed by atoms with Crippen molar-refractivity contribution < 1.29 is 9.59 Å². The molecule has 5 heteroatoms. The standard InChI is InChI=1S/C21H27N3O2/c22-20(25)16-24(14-11-17-7-2-1-3-8-17)21(26)18-9-6-10-19(15-18)23-12-4-5-13-23/h4-6,9-10,12-13,15,17H,1-3,7-8,11,14,16H2,(H2,22,25). The third-order valence-corrected chi connectivity index (χ3v) is 5.16. The van der Waals surface area contributed by atoms with E-state index >= 15 is 0 Å². The Balaban J connectivity index is 1.72. The van der Waals surface area contributed by atoms with Gasteiger partial charge in [0.15, 0.2) is 0 Å². The highest BCUT2D eigenvalue weighted by molar-refractivity contribution is 5.96. The Morgan fingerprint density at radius 2 is 1.81 bits per heavy atom. The maximum atomic E-state index is 13.0. The van der Waals surface area contributed by atoms with Crippen molar-refractivity contribution in [2.24, 2.45) is 11.7 Å². The monoisotopic (exact) mass is 353 g/mol. The molecule has 3 rings (SSSR count). The van der Waals surface area contributed by atoms with Crippen molar-refractivity contribution >= 4 is 11.8 Å². The molecule has 2 aromatic rings. The molecule has 0 saturated heterocycles. The number of amides is 2. The average Bonchev–Trinajstić information content (AvgIpc) is 3.20. The summed E-state index contributed by atoms with van der Waals surface area (Å²) in [6.07, 6.45) is 11.1. The van der Waals surface area contributed by atoms with E-state index in [-0.39, 0.29) is 12.5 Å². The second-order valence-electron chi connectivity index (χ2n) is 7.13. The van der Waals surface area contributed by atoms with Crippen LogP contribution in [-0.2, 0) is 4.79 Å². The van der Waals surface area contributed by atoms with Gasteiger partial charge in [-0.3, -0.25) is 9.59 Å². The molecule has 138 valence electrons. The molecule has 0 aliphatic heterocycles. The first kappa shape index (κ1) is 18.2. The molecule has 1 heterocycles. The number of nitrogens with zero attached hydrogens (tertiary/aromatic N) is 2. The topological polar surface area (TPSA) is 68.3 Å². The predicted octanol–water partition coefficient (Wildman–Crippen LogP) is 3.38. The number of aromatic nitrogens is 1. The summed E-state index contributed by atoms with van der Waals surface area (Å²) in [5.41, 5.74) is 6.90. The fourth-order valence-electron chi connectivity index (χ4n) is 3.74. The van der Waals surface area contributed by atoms with Gasteiger partial charge in [0.25, 0.3) is 5.91 Å². The van der Waals surface area contributed by atoms with Gasteiger partial charge in [0, 0.05) is 30.2 Å². The van der Waals surface area contributed by atoms with Gasteiger partial charge in [-0.05, 0) is 42.7 Å². The van der Waals surface area contributed by atoms with Gasteiger partial charge in [-0.1, -0.05) is 38.2 Å². The van der Waals surface area contributed by atoms with Crippen LogP contribution < -0.4 is 5.73 Å². The van der Waals surface area contributed by atoms with Crippen molar-refractivity contribution in [3.63, 3.8) is 0 Å². The lowest BCUT2D eigenvalue weighted by Gasteiger charge is -2.26. The smallest absolute Gasteiger partial charge is 0.254 e. The highest BCUT2D eigenvalue weighted by Gasteiger charge is 2.21. The van der Waals surface area contributed by atoms with Crippen LogP contribution in [0.15, 0.2) is 48.8 Å². The Hall–Kier alpha value is -2.56. The van der Waals surface area contributed by atoms with Gasteiger partial charge >= 0.3 is 0 Å². The molecule has 5 nitrogen and oxygen atoms in total. The SMILES string of the molecule is NC(=O)CN(CCC1CCCCC1)C(=O)c1cccc(-n2cccc2)c1. The molecule has 0 unspecified atom stereocenters. The zero-order chi connectivity index (χ0) is 18.4. The van der Waals surface area contributed by atoms with Crippen LogP contribution in [0.4, 0.5) is 0 Å². The summed E-state index contributed by atoms with van der Waals surface area (Å²) in [7, 11) is 0. The largest absolute Gasteiger partial charge is 0.368 e. The Morgan fingerprint density at radius 3 is 2.50 bits per heavy atom. The Bertz CT molecular complexity index is 733. The second-order valence-corrected chi connectivity index (χ2v) is 7.13. The van der Waals surface area contributed by atoms with Gasteiger partial charge in [-0.2, -0.15) is 0 Å². The van der Waals surface area contributed by atoms with E-state index in [9.17, 15) is 9.59 Å². The van der Waals surface area contributed by atoms with Gasteiger partial charge in [-0.25, -0.2) is 0 Å². The van der Waals surface area contributed by atoms with E-state index in [2.05, 4.69) is 0 Å². The fraction of sp³-hybridized carbons (Fsp3) is 0.429. The van der Waals surface area contributed by atoms with Gasteiger partial charge in [0.1, 0.15) is 0 Å². The molecule has 26 heavy (non-hydrogen) atoms. The predicted molar refractivity (Wildman–Crippen MR) is 102 cm³/mol. The van der Waals surface area contributed by atoms with Crippen LogP contribution in [0.5, 0.6) is 0 Å². The molecule has 0 bridgehead atoms. The van der Waals surface area contributed by atoms with Crippen molar-refractivity contribution in [3.8, 4) is 5.69 Å². The first-order valence-corrected chi connectivity index (χ1v) is 9.44. The van der Waals surface area contributed by atoms with E-state index < -0.39 is 5.91 Å². The summed E-state index contributed by atoms with van der Waals surface area (Å²) in [5, 5.41) is 0. The number of benzene rings is 1. The molecule has 0 radical (unpaired) electrons. The van der Waals surface area contributed by atoms with Crippen molar-refractivity contribution in [2.75, 3.05) is 13.1 Å². The summed E-state index contributed by atoms with van der Waals surface area (Å²) in [4.78, 5) is 26.1. The molecule has 2 N–H and O–H groups in total. The first-order valence-electron chi connectivity index (χ1n) is 9.44. The van der Waals surface area contributed by atoms with E-state index in [1.807, 2.05) is 47.3 Å². The lowest BCUT2D eigenvalue weighted by Crippen LogP contribution is -2.39. The van der Waals surface area contributed by atoms with Crippen molar-refractivity contribution in [2.45, 2.75) is 38.5 Å². The molecule has 1 aliphatic rings. The van der Waals surface area contributed by atoms with Crippen molar-refractivity contribution in [3.05, 3.63) is 54.4 Å². The maximum absolute atomic E-state index is 13.0. The van der Waals surface area contributed by atoms with E-state index in [0.29, 0.717) is 18.0 Å². The van der Waals surface area contributed by atoms with E-state index in [1.165, 1.54) is 32.1 Å². The number of carbonyl (C=O) groups is 2. The van der Waals surface area contributed by atoms with Crippen LogP contribution in [0.1, 0.15) is 48.9 Å². The molecule has 1 aromatic heterocycles. The minimum absolute atomic E-state index is 0.0285.